The summed E-state index contributed by atoms with van der Waals surface area (Å²) in [7, 11) is 0. The number of aliphatic hydroxyl groups excluding tert-OH is 1. The Morgan fingerprint density at radius 2 is 1.46 bits per heavy atom. The van der Waals surface area contributed by atoms with Crippen LogP contribution in [0, 0.1) is 5.92 Å². The van der Waals surface area contributed by atoms with E-state index in [0.717, 1.165) is 0 Å². The first kappa shape index (κ1) is 31.3. The molecular weight excluding hydrogens is 488 g/mol. The van der Waals surface area contributed by atoms with E-state index in [0.29, 0.717) is 12.0 Å². The zero-order valence-corrected chi connectivity index (χ0v) is 21.0. The lowest BCUT2D eigenvalue weighted by molar-refractivity contribution is -0.144. The standard InChI is InChI=1S/C24H36N4O9/c1-4-12(2)19(24(36)37)27-23(35)20(13(3)29)28-22(34)17(9-10-18(31)32)26-21(33)16(25)11-14-5-7-15(30)8-6-14/h5-8,12-13,16-17,19-20,29-30H,4,9-11,25H2,1-3H3,(H,26,33)(H,27,35)(H,28,34)(H,31,32)(H,36,37). The van der Waals surface area contributed by atoms with Crippen molar-refractivity contribution in [3.63, 3.8) is 0 Å². The van der Waals surface area contributed by atoms with Crippen molar-refractivity contribution < 1.29 is 44.4 Å². The normalized spacial score (nSPS) is 15.8. The molecule has 0 saturated carbocycles. The van der Waals surface area contributed by atoms with Gasteiger partial charge in [-0.1, -0.05) is 32.4 Å². The van der Waals surface area contributed by atoms with E-state index in [-0.39, 0.29) is 18.6 Å². The molecule has 9 N–H and O–H groups in total. The number of amides is 3. The third kappa shape index (κ3) is 10.4. The maximum Gasteiger partial charge on any atom is 0.326 e. The molecule has 13 heteroatoms. The molecule has 0 fully saturated rings. The molecule has 0 aliphatic carbocycles. The number of phenolic OH excluding ortho intramolecular Hbond substituents is 1. The largest absolute Gasteiger partial charge is 0.508 e. The van der Waals surface area contributed by atoms with E-state index in [4.69, 9.17) is 10.8 Å². The summed E-state index contributed by atoms with van der Waals surface area (Å²) in [5.74, 6) is -5.60. The van der Waals surface area contributed by atoms with Gasteiger partial charge in [0.2, 0.25) is 17.7 Å². The monoisotopic (exact) mass is 524 g/mol. The first-order valence-corrected chi connectivity index (χ1v) is 11.8. The number of aliphatic hydroxyl groups is 1. The second kappa shape index (κ2) is 14.8. The van der Waals surface area contributed by atoms with Crippen LogP contribution in [0.3, 0.4) is 0 Å². The number of benzene rings is 1. The molecule has 206 valence electrons. The summed E-state index contributed by atoms with van der Waals surface area (Å²) >= 11 is 0. The fraction of sp³-hybridized carbons (Fsp3) is 0.542. The fourth-order valence-electron chi connectivity index (χ4n) is 3.38. The molecule has 0 aliphatic heterocycles. The number of nitrogens with two attached hydrogens (primary N) is 1. The molecule has 0 radical (unpaired) electrons. The van der Waals surface area contributed by atoms with E-state index in [9.17, 15) is 39.3 Å². The van der Waals surface area contributed by atoms with Gasteiger partial charge < -0.3 is 42.1 Å². The second-order valence-corrected chi connectivity index (χ2v) is 8.91. The number of carboxylic acid groups (broad SMARTS) is 2. The van der Waals surface area contributed by atoms with Gasteiger partial charge in [-0.25, -0.2) is 4.79 Å². The Kier molecular flexibility index (Phi) is 12.5. The number of carbonyl (C=O) groups is 5. The van der Waals surface area contributed by atoms with E-state index in [1.54, 1.807) is 26.0 Å². The number of aromatic hydroxyl groups is 1. The van der Waals surface area contributed by atoms with Gasteiger partial charge in [-0.05, 0) is 43.4 Å². The van der Waals surface area contributed by atoms with E-state index >= 15 is 0 Å². The van der Waals surface area contributed by atoms with Gasteiger partial charge in [0.25, 0.3) is 0 Å². The van der Waals surface area contributed by atoms with Crippen LogP contribution in [0.2, 0.25) is 0 Å². The summed E-state index contributed by atoms with van der Waals surface area (Å²) in [4.78, 5) is 61.0. The molecule has 1 aromatic rings. The minimum Gasteiger partial charge on any atom is -0.508 e. The number of hydrogen-bond acceptors (Lipinski definition) is 8. The lowest BCUT2D eigenvalue weighted by atomic mass is 9.98. The molecule has 6 unspecified atom stereocenters. The Labute approximate surface area is 214 Å². The Hall–Kier alpha value is -3.71. The number of hydrogen-bond donors (Lipinski definition) is 8. The van der Waals surface area contributed by atoms with Gasteiger partial charge >= 0.3 is 11.9 Å². The first-order chi connectivity index (χ1) is 17.3. The molecule has 0 saturated heterocycles. The minimum atomic E-state index is -1.58. The fourth-order valence-corrected chi connectivity index (χ4v) is 3.38. The number of carboxylic acids is 2. The maximum absolute atomic E-state index is 12.9. The topological polar surface area (TPSA) is 228 Å². The zero-order valence-electron chi connectivity index (χ0n) is 21.0. The van der Waals surface area contributed by atoms with Crippen molar-refractivity contribution in [3.05, 3.63) is 29.8 Å². The van der Waals surface area contributed by atoms with Crippen molar-refractivity contribution in [3.8, 4) is 5.75 Å². The Morgan fingerprint density at radius 1 is 0.892 bits per heavy atom. The summed E-state index contributed by atoms with van der Waals surface area (Å²) in [5, 5.41) is 44.9. The van der Waals surface area contributed by atoms with Gasteiger partial charge in [-0.15, -0.1) is 0 Å². The van der Waals surface area contributed by atoms with Gasteiger partial charge in [0.15, 0.2) is 0 Å². The molecule has 1 rings (SSSR count). The number of carbonyl (C=O) groups excluding carboxylic acids is 3. The smallest absolute Gasteiger partial charge is 0.326 e. The Bertz CT molecular complexity index is 952. The van der Waals surface area contributed by atoms with Crippen LogP contribution in [0.25, 0.3) is 0 Å². The SMILES string of the molecule is CCC(C)C(NC(=O)C(NC(=O)C(CCC(=O)O)NC(=O)C(N)Cc1ccc(O)cc1)C(C)O)C(=O)O. The van der Waals surface area contributed by atoms with E-state index < -0.39 is 72.3 Å². The number of phenols is 1. The minimum absolute atomic E-state index is 0.0303. The van der Waals surface area contributed by atoms with Crippen LogP contribution in [0.1, 0.15) is 45.6 Å². The predicted molar refractivity (Wildman–Crippen MR) is 131 cm³/mol. The lowest BCUT2D eigenvalue weighted by Crippen LogP contribution is -2.60. The van der Waals surface area contributed by atoms with Gasteiger partial charge in [0.05, 0.1) is 12.1 Å². The Balaban J connectivity index is 2.98. The lowest BCUT2D eigenvalue weighted by Gasteiger charge is -2.27. The second-order valence-electron chi connectivity index (χ2n) is 8.91. The average Bonchev–Trinajstić information content (AvgIpc) is 2.83. The summed E-state index contributed by atoms with van der Waals surface area (Å²) < 4.78 is 0. The summed E-state index contributed by atoms with van der Waals surface area (Å²) in [6, 6.07) is 0.588. The van der Waals surface area contributed by atoms with Crippen molar-refractivity contribution in [1.82, 2.24) is 16.0 Å². The molecule has 0 spiro atoms. The number of aliphatic carboxylic acids is 2. The number of nitrogens with one attached hydrogen (secondary N) is 3. The molecule has 0 aliphatic rings. The van der Waals surface area contributed by atoms with Crippen LogP contribution in [-0.4, -0.2) is 80.4 Å². The van der Waals surface area contributed by atoms with Crippen molar-refractivity contribution in [1.29, 1.82) is 0 Å². The third-order valence-corrected chi connectivity index (χ3v) is 5.85. The van der Waals surface area contributed by atoms with Gasteiger partial charge in [-0.3, -0.25) is 19.2 Å². The van der Waals surface area contributed by atoms with E-state index in [2.05, 4.69) is 16.0 Å². The van der Waals surface area contributed by atoms with Crippen LogP contribution in [-0.2, 0) is 30.4 Å². The molecular formula is C24H36N4O9. The highest BCUT2D eigenvalue weighted by Gasteiger charge is 2.34. The van der Waals surface area contributed by atoms with Crippen LogP contribution in [0.5, 0.6) is 5.75 Å². The van der Waals surface area contributed by atoms with Gasteiger partial charge in [0, 0.05) is 6.42 Å². The molecule has 0 bridgehead atoms. The number of rotatable bonds is 15. The molecule has 0 heterocycles. The molecule has 1 aromatic carbocycles. The maximum atomic E-state index is 12.9. The molecule has 0 aromatic heterocycles. The van der Waals surface area contributed by atoms with Crippen molar-refractivity contribution >= 4 is 29.7 Å². The van der Waals surface area contributed by atoms with Gasteiger partial charge in [0.1, 0.15) is 23.9 Å². The van der Waals surface area contributed by atoms with E-state index in [1.807, 2.05) is 0 Å². The summed E-state index contributed by atoms with van der Waals surface area (Å²) in [6.45, 7) is 4.57. The molecule has 3 amide bonds. The molecule has 37 heavy (non-hydrogen) atoms. The molecule has 13 nitrogen and oxygen atoms in total. The summed E-state index contributed by atoms with van der Waals surface area (Å²) in [6.07, 6.45) is -1.77. The van der Waals surface area contributed by atoms with Crippen LogP contribution in [0.15, 0.2) is 24.3 Å². The van der Waals surface area contributed by atoms with E-state index in [1.165, 1.54) is 19.1 Å². The molecule has 6 atom stereocenters. The van der Waals surface area contributed by atoms with Gasteiger partial charge in [-0.2, -0.15) is 0 Å². The first-order valence-electron chi connectivity index (χ1n) is 11.8. The average molecular weight is 525 g/mol. The van der Waals surface area contributed by atoms with Crippen LogP contribution in [0.4, 0.5) is 0 Å². The van der Waals surface area contributed by atoms with Crippen molar-refractivity contribution in [2.75, 3.05) is 0 Å². The van der Waals surface area contributed by atoms with Crippen LogP contribution < -0.4 is 21.7 Å². The van der Waals surface area contributed by atoms with Crippen LogP contribution >= 0.6 is 0 Å². The summed E-state index contributed by atoms with van der Waals surface area (Å²) in [5.41, 5.74) is 6.56. The van der Waals surface area contributed by atoms with Crippen molar-refractivity contribution in [2.24, 2.45) is 11.7 Å². The van der Waals surface area contributed by atoms with Crippen molar-refractivity contribution in [2.45, 2.75) is 76.7 Å². The highest BCUT2D eigenvalue weighted by atomic mass is 16.4. The zero-order chi connectivity index (χ0) is 28.3. The third-order valence-electron chi connectivity index (χ3n) is 5.85. The Morgan fingerprint density at radius 3 is 1.95 bits per heavy atom. The highest BCUT2D eigenvalue weighted by Crippen LogP contribution is 2.12. The quantitative estimate of drug-likeness (QED) is 0.141. The predicted octanol–water partition coefficient (Wildman–Crippen LogP) is -0.907. The highest BCUT2D eigenvalue weighted by molar-refractivity contribution is 5.94.